The highest BCUT2D eigenvalue weighted by Crippen LogP contribution is 2.34. The van der Waals surface area contributed by atoms with E-state index in [0.29, 0.717) is 36.4 Å². The fourth-order valence-corrected chi connectivity index (χ4v) is 4.51. The number of rotatable bonds is 6. The number of halogens is 1. The molecule has 0 unspecified atom stereocenters. The number of ether oxygens (including phenoxy) is 2. The average Bonchev–Trinajstić information content (AvgIpc) is 2.87. The quantitative estimate of drug-likeness (QED) is 0.577. The van der Waals surface area contributed by atoms with Crippen LogP contribution < -0.4 is 14.4 Å². The second-order valence-corrected chi connectivity index (χ2v) is 9.03. The lowest BCUT2D eigenvalue weighted by Gasteiger charge is -2.34. The molecule has 3 aromatic rings. The molecule has 184 valence electrons. The van der Waals surface area contributed by atoms with Gasteiger partial charge in [-0.15, -0.1) is 0 Å². The van der Waals surface area contributed by atoms with Crippen LogP contribution in [0.25, 0.3) is 0 Å². The van der Waals surface area contributed by atoms with E-state index in [1.807, 2.05) is 12.1 Å². The van der Waals surface area contributed by atoms with E-state index in [9.17, 15) is 9.50 Å². The lowest BCUT2D eigenvalue weighted by atomic mass is 10.0. The second kappa shape index (κ2) is 10.1. The van der Waals surface area contributed by atoms with Gasteiger partial charge in [-0.1, -0.05) is 12.1 Å². The average molecular weight is 480 g/mol. The summed E-state index contributed by atoms with van der Waals surface area (Å²) in [7, 11) is 3.66. The first-order chi connectivity index (χ1) is 17.0. The molecule has 2 aliphatic heterocycles. The molecule has 0 bridgehead atoms. The van der Waals surface area contributed by atoms with Gasteiger partial charge in [-0.25, -0.2) is 9.37 Å². The van der Waals surface area contributed by atoms with Gasteiger partial charge in [-0.05, 0) is 37.4 Å². The van der Waals surface area contributed by atoms with Crippen LogP contribution in [0.1, 0.15) is 16.8 Å². The van der Waals surface area contributed by atoms with E-state index in [2.05, 4.69) is 21.7 Å². The lowest BCUT2D eigenvalue weighted by Crippen LogP contribution is -2.45. The van der Waals surface area contributed by atoms with Gasteiger partial charge in [0.15, 0.2) is 11.5 Å². The molecule has 3 heterocycles. The molecule has 0 radical (unpaired) electrons. The number of benzene rings is 2. The zero-order chi connectivity index (χ0) is 24.4. The third-order valence-electron chi connectivity index (χ3n) is 6.60. The molecule has 0 spiro atoms. The van der Waals surface area contributed by atoms with Crippen molar-refractivity contribution in [1.29, 1.82) is 0 Å². The number of anilines is 1. The molecular weight excluding hydrogens is 449 g/mol. The van der Waals surface area contributed by atoms with Crippen molar-refractivity contribution in [3.05, 3.63) is 65.1 Å². The number of nitrogens with zero attached hydrogens (tertiary/aromatic N) is 5. The molecule has 2 aliphatic rings. The van der Waals surface area contributed by atoms with Crippen LogP contribution in [0, 0.1) is 5.82 Å². The van der Waals surface area contributed by atoms with Gasteiger partial charge in [0.2, 0.25) is 11.8 Å². The molecule has 0 amide bonds. The maximum absolute atomic E-state index is 13.5. The van der Waals surface area contributed by atoms with Crippen LogP contribution in [0.3, 0.4) is 0 Å². The predicted molar refractivity (Wildman–Crippen MR) is 131 cm³/mol. The Bertz CT molecular complexity index is 1180. The summed E-state index contributed by atoms with van der Waals surface area (Å²) in [6.07, 6.45) is 0.739. The van der Waals surface area contributed by atoms with Crippen LogP contribution in [-0.2, 0) is 19.5 Å². The number of aromatic nitrogens is 2. The highest BCUT2D eigenvalue weighted by molar-refractivity contribution is 5.46. The topological polar surface area (TPSA) is 74.2 Å². The maximum atomic E-state index is 13.5. The molecule has 9 heteroatoms. The molecule has 2 aromatic carbocycles. The Hall–Kier alpha value is -3.43. The standard InChI is InChI=1S/C26H30FN5O3/c1-30-12-14-32(15-13-30)26-28-22-10-11-31(16-18-4-3-5-23(34-2)24(18)33)17-21(22)25(29-26)35-20-8-6-19(27)7-9-20/h3-9,33H,10-17H2,1-2H3. The highest BCUT2D eigenvalue weighted by atomic mass is 19.1. The molecule has 8 nitrogen and oxygen atoms in total. The normalized spacial score (nSPS) is 16.7. The minimum absolute atomic E-state index is 0.158. The smallest absolute Gasteiger partial charge is 0.228 e. The minimum atomic E-state index is -0.315. The van der Waals surface area contributed by atoms with Gasteiger partial charge < -0.3 is 24.4 Å². The van der Waals surface area contributed by atoms with Crippen molar-refractivity contribution in [2.24, 2.45) is 0 Å². The van der Waals surface area contributed by atoms with Gasteiger partial charge in [-0.2, -0.15) is 4.98 Å². The molecule has 0 atom stereocenters. The molecule has 1 N–H and O–H groups in total. The highest BCUT2D eigenvalue weighted by Gasteiger charge is 2.27. The Kier molecular flexibility index (Phi) is 6.70. The van der Waals surface area contributed by atoms with E-state index in [0.717, 1.165) is 56.0 Å². The summed E-state index contributed by atoms with van der Waals surface area (Å²) in [5.74, 6) is 2.00. The fourth-order valence-electron chi connectivity index (χ4n) is 4.51. The number of hydrogen-bond acceptors (Lipinski definition) is 8. The Morgan fingerprint density at radius 1 is 1.00 bits per heavy atom. The van der Waals surface area contributed by atoms with Gasteiger partial charge >= 0.3 is 0 Å². The third-order valence-corrected chi connectivity index (χ3v) is 6.60. The van der Waals surface area contributed by atoms with Crippen molar-refractivity contribution in [3.8, 4) is 23.1 Å². The van der Waals surface area contributed by atoms with Gasteiger partial charge in [0.25, 0.3) is 0 Å². The Morgan fingerprint density at radius 2 is 1.77 bits per heavy atom. The van der Waals surface area contributed by atoms with Gasteiger partial charge in [-0.3, -0.25) is 4.90 Å². The monoisotopic (exact) mass is 479 g/mol. The molecule has 0 saturated carbocycles. The number of piperazine rings is 1. The van der Waals surface area contributed by atoms with Crippen molar-refractivity contribution in [1.82, 2.24) is 19.8 Å². The van der Waals surface area contributed by atoms with Crippen LogP contribution in [0.2, 0.25) is 0 Å². The summed E-state index contributed by atoms with van der Waals surface area (Å²) in [4.78, 5) is 16.5. The van der Waals surface area contributed by atoms with Crippen LogP contribution in [0.15, 0.2) is 42.5 Å². The predicted octanol–water partition coefficient (Wildman–Crippen LogP) is 3.43. The number of methoxy groups -OCH3 is 1. The van der Waals surface area contributed by atoms with E-state index in [-0.39, 0.29) is 11.6 Å². The van der Waals surface area contributed by atoms with Crippen molar-refractivity contribution in [2.75, 3.05) is 51.8 Å². The molecule has 1 fully saturated rings. The SMILES string of the molecule is COc1cccc(CN2CCc3nc(N4CCN(C)CC4)nc(Oc4ccc(F)cc4)c3C2)c1O. The summed E-state index contributed by atoms with van der Waals surface area (Å²) in [5, 5.41) is 10.5. The van der Waals surface area contributed by atoms with Crippen molar-refractivity contribution in [2.45, 2.75) is 19.5 Å². The first-order valence-electron chi connectivity index (χ1n) is 11.8. The molecule has 0 aliphatic carbocycles. The number of para-hydroxylation sites is 1. The van der Waals surface area contributed by atoms with Gasteiger partial charge in [0, 0.05) is 57.8 Å². The number of phenolic OH excluding ortho intramolecular Hbond substituents is 1. The van der Waals surface area contributed by atoms with Crippen LogP contribution in [-0.4, -0.2) is 71.8 Å². The number of phenols is 1. The van der Waals surface area contributed by atoms with E-state index < -0.39 is 0 Å². The molecule has 35 heavy (non-hydrogen) atoms. The fraction of sp³-hybridized carbons (Fsp3) is 0.385. The molecular formula is C26H30FN5O3. The zero-order valence-corrected chi connectivity index (χ0v) is 20.1. The Balaban J connectivity index is 1.44. The van der Waals surface area contributed by atoms with E-state index in [1.54, 1.807) is 25.3 Å². The number of hydrogen-bond donors (Lipinski definition) is 1. The largest absolute Gasteiger partial charge is 0.504 e. The van der Waals surface area contributed by atoms with E-state index in [1.165, 1.54) is 12.1 Å². The molecule has 5 rings (SSSR count). The number of fused-ring (bicyclic) bond motifs is 1. The van der Waals surface area contributed by atoms with Gasteiger partial charge in [0.1, 0.15) is 11.6 Å². The van der Waals surface area contributed by atoms with E-state index in [4.69, 9.17) is 19.4 Å². The second-order valence-electron chi connectivity index (χ2n) is 9.03. The van der Waals surface area contributed by atoms with Crippen molar-refractivity contribution < 1.29 is 19.0 Å². The summed E-state index contributed by atoms with van der Waals surface area (Å²) < 4.78 is 24.9. The zero-order valence-electron chi connectivity index (χ0n) is 20.1. The summed E-state index contributed by atoms with van der Waals surface area (Å²) in [5.41, 5.74) is 2.68. The lowest BCUT2D eigenvalue weighted by molar-refractivity contribution is 0.234. The van der Waals surface area contributed by atoms with Crippen LogP contribution >= 0.6 is 0 Å². The molecule has 1 saturated heterocycles. The van der Waals surface area contributed by atoms with Crippen LogP contribution in [0.4, 0.5) is 10.3 Å². The number of likely N-dealkylation sites (N-methyl/N-ethyl adjacent to an activating group) is 1. The summed E-state index contributed by atoms with van der Waals surface area (Å²) in [6, 6.07) is 11.5. The summed E-state index contributed by atoms with van der Waals surface area (Å²) >= 11 is 0. The van der Waals surface area contributed by atoms with Crippen LogP contribution in [0.5, 0.6) is 23.1 Å². The molecule has 1 aromatic heterocycles. The maximum Gasteiger partial charge on any atom is 0.228 e. The first kappa shape index (κ1) is 23.3. The Morgan fingerprint density at radius 3 is 2.51 bits per heavy atom. The van der Waals surface area contributed by atoms with E-state index >= 15 is 0 Å². The van der Waals surface area contributed by atoms with Gasteiger partial charge in [0.05, 0.1) is 18.4 Å². The van der Waals surface area contributed by atoms with Crippen molar-refractivity contribution in [3.63, 3.8) is 0 Å². The number of aromatic hydroxyl groups is 1. The van der Waals surface area contributed by atoms with Crippen molar-refractivity contribution >= 4 is 5.95 Å². The summed E-state index contributed by atoms with van der Waals surface area (Å²) in [6.45, 7) is 5.53. The third kappa shape index (κ3) is 5.16. The first-order valence-corrected chi connectivity index (χ1v) is 11.8. The Labute approximate surface area is 204 Å². The minimum Gasteiger partial charge on any atom is -0.504 e.